The van der Waals surface area contributed by atoms with Crippen LogP contribution in [0.1, 0.15) is 55.2 Å². The lowest BCUT2D eigenvalue weighted by Gasteiger charge is -2.25. The number of nitrogens with zero attached hydrogens (tertiary/aromatic N) is 5. The summed E-state index contributed by atoms with van der Waals surface area (Å²) < 4.78 is 33.0. The van der Waals surface area contributed by atoms with Gasteiger partial charge in [-0.15, -0.1) is 0 Å². The van der Waals surface area contributed by atoms with Crippen molar-refractivity contribution in [1.82, 2.24) is 24.6 Å². The largest absolute Gasteiger partial charge is 0.339 e. The van der Waals surface area contributed by atoms with Gasteiger partial charge in [0, 0.05) is 5.92 Å². The van der Waals surface area contributed by atoms with E-state index in [4.69, 9.17) is 4.52 Å². The first kappa shape index (κ1) is 18.4. The Hall–Kier alpha value is -2.68. The van der Waals surface area contributed by atoms with Crippen LogP contribution in [0.15, 0.2) is 33.6 Å². The summed E-state index contributed by atoms with van der Waals surface area (Å²) in [6, 6.07) is 6.64. The van der Waals surface area contributed by atoms with Crippen molar-refractivity contribution in [3.05, 3.63) is 52.2 Å². The van der Waals surface area contributed by atoms with Gasteiger partial charge in [-0.3, -0.25) is 14.3 Å². The molecule has 1 aliphatic carbocycles. The first-order valence-corrected chi connectivity index (χ1v) is 9.94. The Labute approximate surface area is 165 Å². The Kier molecular flexibility index (Phi) is 4.61. The minimum atomic E-state index is -2.64. The summed E-state index contributed by atoms with van der Waals surface area (Å²) in [5, 5.41) is 4.43. The van der Waals surface area contributed by atoms with Gasteiger partial charge in [-0.25, -0.2) is 13.8 Å². The lowest BCUT2D eigenvalue weighted by Crippen LogP contribution is -2.33. The molecule has 1 saturated carbocycles. The molecule has 29 heavy (non-hydrogen) atoms. The molecule has 0 spiro atoms. The minimum absolute atomic E-state index is 0.242. The Morgan fingerprint density at radius 3 is 2.79 bits per heavy atom. The maximum absolute atomic E-state index is 13.3. The maximum atomic E-state index is 13.3. The molecule has 9 heteroatoms. The molecule has 2 aromatic heterocycles. The first-order chi connectivity index (χ1) is 14.1. The second kappa shape index (κ2) is 7.29. The van der Waals surface area contributed by atoms with E-state index in [-0.39, 0.29) is 6.04 Å². The summed E-state index contributed by atoms with van der Waals surface area (Å²) in [6.45, 7) is 0.540. The van der Waals surface area contributed by atoms with Crippen LogP contribution in [0.25, 0.3) is 10.9 Å². The van der Waals surface area contributed by atoms with Crippen LogP contribution < -0.4 is 5.56 Å². The number of alkyl halides is 2. The maximum Gasteiger partial charge on any atom is 0.261 e. The Morgan fingerprint density at radius 1 is 1.17 bits per heavy atom. The Balaban J connectivity index is 1.51. The molecule has 152 valence electrons. The molecule has 0 amide bonds. The average molecular weight is 401 g/mol. The fourth-order valence-corrected chi connectivity index (χ4v) is 4.07. The van der Waals surface area contributed by atoms with Crippen molar-refractivity contribution >= 4 is 10.9 Å². The number of aromatic nitrogens is 4. The van der Waals surface area contributed by atoms with Crippen LogP contribution in [0.4, 0.5) is 8.78 Å². The first-order valence-electron chi connectivity index (χ1n) is 9.94. The molecule has 5 rings (SSSR count). The lowest BCUT2D eigenvalue weighted by atomic mass is 10.1. The van der Waals surface area contributed by atoms with Crippen molar-refractivity contribution in [1.29, 1.82) is 0 Å². The summed E-state index contributed by atoms with van der Waals surface area (Å²) >= 11 is 0. The molecule has 7 nitrogen and oxygen atoms in total. The monoisotopic (exact) mass is 401 g/mol. The van der Waals surface area contributed by atoms with Crippen LogP contribution in [0.2, 0.25) is 0 Å². The third-order valence-corrected chi connectivity index (χ3v) is 5.63. The van der Waals surface area contributed by atoms with Crippen molar-refractivity contribution in [2.75, 3.05) is 6.54 Å². The van der Waals surface area contributed by atoms with E-state index in [0.717, 1.165) is 36.8 Å². The van der Waals surface area contributed by atoms with E-state index in [0.29, 0.717) is 40.9 Å². The number of para-hydroxylation sites is 1. The summed E-state index contributed by atoms with van der Waals surface area (Å²) in [5.74, 6) is 2.03. The molecule has 3 heterocycles. The number of benzene rings is 1. The summed E-state index contributed by atoms with van der Waals surface area (Å²) in [4.78, 5) is 24.1. The van der Waals surface area contributed by atoms with Crippen LogP contribution in [-0.2, 0) is 13.1 Å². The van der Waals surface area contributed by atoms with E-state index >= 15 is 0 Å². The van der Waals surface area contributed by atoms with Crippen LogP contribution >= 0.6 is 0 Å². The van der Waals surface area contributed by atoms with Crippen LogP contribution in [0.3, 0.4) is 0 Å². The van der Waals surface area contributed by atoms with Gasteiger partial charge in [0.1, 0.15) is 5.82 Å². The van der Waals surface area contributed by atoms with Gasteiger partial charge in [-0.2, -0.15) is 4.98 Å². The number of fused-ring (bicyclic) bond motifs is 1. The number of halogens is 2. The highest BCUT2D eigenvalue weighted by Gasteiger charge is 2.33. The van der Waals surface area contributed by atoms with Gasteiger partial charge in [-0.1, -0.05) is 17.3 Å². The topological polar surface area (TPSA) is 77.1 Å². The zero-order valence-electron chi connectivity index (χ0n) is 15.8. The van der Waals surface area contributed by atoms with Crippen molar-refractivity contribution in [3.63, 3.8) is 0 Å². The normalized spacial score (nSPS) is 20.2. The van der Waals surface area contributed by atoms with Crippen molar-refractivity contribution in [2.45, 2.75) is 57.2 Å². The Morgan fingerprint density at radius 2 is 2.00 bits per heavy atom. The van der Waals surface area contributed by atoms with Crippen LogP contribution in [0, 0.1) is 0 Å². The molecule has 0 radical (unpaired) electrons. The molecule has 1 atom stereocenters. The van der Waals surface area contributed by atoms with E-state index in [1.807, 2.05) is 0 Å². The smallest absolute Gasteiger partial charge is 0.261 e. The highest BCUT2D eigenvalue weighted by molar-refractivity contribution is 5.77. The molecule has 1 aliphatic heterocycles. The quantitative estimate of drug-likeness (QED) is 0.631. The number of rotatable bonds is 6. The van der Waals surface area contributed by atoms with Gasteiger partial charge in [0.2, 0.25) is 5.89 Å². The molecular formula is C20H21F2N5O2. The molecule has 1 aromatic carbocycles. The van der Waals surface area contributed by atoms with Gasteiger partial charge in [0.25, 0.3) is 12.0 Å². The molecular weight excluding hydrogens is 380 g/mol. The minimum Gasteiger partial charge on any atom is -0.339 e. The molecule has 1 unspecified atom stereocenters. The van der Waals surface area contributed by atoms with E-state index in [1.165, 1.54) is 0 Å². The SMILES string of the molecule is O=c1c2ccccc2nc(C2CCCN2Cc2noc(C3CC3)n2)n1CC(F)F. The number of hydrogen-bond donors (Lipinski definition) is 0. The highest BCUT2D eigenvalue weighted by atomic mass is 19.3. The molecule has 0 N–H and O–H groups in total. The predicted octanol–water partition coefficient (Wildman–Crippen LogP) is 3.26. The molecule has 3 aromatic rings. The molecule has 2 aliphatic rings. The average Bonchev–Trinajstić information content (AvgIpc) is 3.28. The van der Waals surface area contributed by atoms with Gasteiger partial charge in [0.15, 0.2) is 5.82 Å². The third-order valence-electron chi connectivity index (χ3n) is 5.63. The Bertz CT molecular complexity index is 1090. The zero-order chi connectivity index (χ0) is 20.0. The predicted molar refractivity (Wildman–Crippen MR) is 101 cm³/mol. The highest BCUT2D eigenvalue weighted by Crippen LogP contribution is 2.39. The van der Waals surface area contributed by atoms with Gasteiger partial charge >= 0.3 is 0 Å². The van der Waals surface area contributed by atoms with Crippen molar-refractivity contribution in [3.8, 4) is 0 Å². The lowest BCUT2D eigenvalue weighted by molar-refractivity contribution is 0.120. The third kappa shape index (κ3) is 3.55. The fraction of sp³-hybridized carbons (Fsp3) is 0.500. The van der Waals surface area contributed by atoms with Crippen molar-refractivity contribution in [2.24, 2.45) is 0 Å². The van der Waals surface area contributed by atoms with E-state index < -0.39 is 18.5 Å². The van der Waals surface area contributed by atoms with Crippen LogP contribution in [0.5, 0.6) is 0 Å². The van der Waals surface area contributed by atoms with Gasteiger partial charge < -0.3 is 4.52 Å². The summed E-state index contributed by atoms with van der Waals surface area (Å²) in [7, 11) is 0. The standard InChI is InChI=1S/C20H21F2N5O2/c21-16(22)10-27-18(23-14-5-2-1-4-13(14)20(27)28)15-6-3-9-26(15)11-17-24-19(29-25-17)12-7-8-12/h1-2,4-5,12,15-16H,3,6-11H2. The molecule has 1 saturated heterocycles. The summed E-state index contributed by atoms with van der Waals surface area (Å²) in [6.07, 6.45) is 1.14. The van der Waals surface area contributed by atoms with Gasteiger partial charge in [-0.05, 0) is 44.4 Å². The van der Waals surface area contributed by atoms with Crippen LogP contribution in [-0.4, -0.2) is 37.6 Å². The van der Waals surface area contributed by atoms with E-state index in [9.17, 15) is 13.6 Å². The molecule has 2 fully saturated rings. The van der Waals surface area contributed by atoms with Gasteiger partial charge in [0.05, 0.1) is 30.0 Å². The second-order valence-electron chi connectivity index (χ2n) is 7.75. The molecule has 0 bridgehead atoms. The second-order valence-corrected chi connectivity index (χ2v) is 7.75. The number of hydrogen-bond acceptors (Lipinski definition) is 6. The van der Waals surface area contributed by atoms with E-state index in [1.54, 1.807) is 24.3 Å². The fourth-order valence-electron chi connectivity index (χ4n) is 4.07. The van der Waals surface area contributed by atoms with Crippen molar-refractivity contribution < 1.29 is 13.3 Å². The zero-order valence-corrected chi connectivity index (χ0v) is 15.8. The summed E-state index contributed by atoms with van der Waals surface area (Å²) in [5.41, 5.74) is 0.105. The van der Waals surface area contributed by atoms with E-state index in [2.05, 4.69) is 20.0 Å². The number of likely N-dealkylation sites (tertiary alicyclic amines) is 1.